The van der Waals surface area contributed by atoms with Crippen LogP contribution in [0.4, 0.5) is 0 Å². The third kappa shape index (κ3) is 46.6. The van der Waals surface area contributed by atoms with E-state index in [1.165, 1.54) is 193 Å². The molecule has 0 aliphatic carbocycles. The summed E-state index contributed by atoms with van der Waals surface area (Å²) in [6.45, 7) is 6.39. The molecule has 3 unspecified atom stereocenters. The van der Waals surface area contributed by atoms with Crippen LogP contribution in [0.3, 0.4) is 0 Å². The lowest BCUT2D eigenvalue weighted by atomic mass is 10.0. The molecule has 1 amide bonds. The second kappa shape index (κ2) is 52.1. The fourth-order valence-electron chi connectivity index (χ4n) is 8.79. The third-order valence-corrected chi connectivity index (χ3v) is 13.0. The average Bonchev–Trinajstić information content (AvgIpc) is 3.29. The molecule has 64 heavy (non-hydrogen) atoms. The van der Waals surface area contributed by atoms with Crippen LogP contribution in [-0.2, 0) is 14.3 Å². The minimum absolute atomic E-state index is 0.0771. The first-order valence-electron chi connectivity index (χ1n) is 28.2. The molecule has 0 saturated carbocycles. The van der Waals surface area contributed by atoms with E-state index in [1.807, 2.05) is 0 Å². The van der Waals surface area contributed by atoms with E-state index in [-0.39, 0.29) is 24.9 Å². The van der Waals surface area contributed by atoms with Crippen LogP contribution in [-0.4, -0.2) is 46.9 Å². The lowest BCUT2D eigenvalue weighted by Crippen LogP contribution is -2.46. The number of unbranched alkanes of at least 4 members (excludes halogenated alkanes) is 35. The maximum Gasteiger partial charge on any atom is 0.306 e. The highest BCUT2D eigenvalue weighted by Gasteiger charge is 2.24. The van der Waals surface area contributed by atoms with Crippen LogP contribution >= 0.6 is 0 Å². The van der Waals surface area contributed by atoms with E-state index in [2.05, 4.69) is 62.5 Å². The number of esters is 1. The lowest BCUT2D eigenvalue weighted by molar-refractivity contribution is -0.151. The van der Waals surface area contributed by atoms with Gasteiger partial charge in [0.15, 0.2) is 0 Å². The molecular formula is C58H109NO5. The van der Waals surface area contributed by atoms with Crippen LogP contribution in [0.5, 0.6) is 0 Å². The van der Waals surface area contributed by atoms with Crippen molar-refractivity contribution in [3.8, 4) is 0 Å². The molecule has 0 heterocycles. The summed E-state index contributed by atoms with van der Waals surface area (Å²) < 4.78 is 5.95. The van der Waals surface area contributed by atoms with Gasteiger partial charge in [0.1, 0.15) is 6.10 Å². The number of aliphatic hydroxyl groups excluding tert-OH is 2. The van der Waals surface area contributed by atoms with Crippen molar-refractivity contribution in [1.29, 1.82) is 0 Å². The molecule has 0 rings (SSSR count). The van der Waals surface area contributed by atoms with Crippen LogP contribution in [0.25, 0.3) is 0 Å². The van der Waals surface area contributed by atoms with Crippen LogP contribution in [0.15, 0.2) is 36.5 Å². The van der Waals surface area contributed by atoms with Crippen LogP contribution in [0, 0.1) is 0 Å². The lowest BCUT2D eigenvalue weighted by Gasteiger charge is -2.24. The summed E-state index contributed by atoms with van der Waals surface area (Å²) >= 11 is 0. The number of hydrogen-bond donors (Lipinski definition) is 3. The van der Waals surface area contributed by atoms with Crippen molar-refractivity contribution < 1.29 is 24.5 Å². The van der Waals surface area contributed by atoms with E-state index in [0.717, 1.165) is 57.8 Å². The fourth-order valence-corrected chi connectivity index (χ4v) is 8.79. The highest BCUT2D eigenvalue weighted by atomic mass is 16.5. The summed E-state index contributed by atoms with van der Waals surface area (Å²) in [7, 11) is 0. The molecule has 0 aliphatic heterocycles. The molecular weight excluding hydrogens is 791 g/mol. The van der Waals surface area contributed by atoms with E-state index >= 15 is 0 Å². The number of ether oxygens (including phenoxy) is 1. The van der Waals surface area contributed by atoms with E-state index in [9.17, 15) is 19.8 Å². The van der Waals surface area contributed by atoms with Gasteiger partial charge in [0.05, 0.1) is 25.2 Å². The van der Waals surface area contributed by atoms with E-state index < -0.39 is 18.2 Å². The second-order valence-corrected chi connectivity index (χ2v) is 19.4. The summed E-state index contributed by atoms with van der Waals surface area (Å²) in [5.41, 5.74) is 0. The molecule has 0 spiro atoms. The van der Waals surface area contributed by atoms with Gasteiger partial charge in [-0.2, -0.15) is 0 Å². The molecule has 0 bridgehead atoms. The Hall–Kier alpha value is -1.92. The number of hydrogen-bond acceptors (Lipinski definition) is 5. The van der Waals surface area contributed by atoms with Gasteiger partial charge < -0.3 is 20.3 Å². The zero-order valence-electron chi connectivity index (χ0n) is 42.9. The summed E-state index contributed by atoms with van der Waals surface area (Å²) in [4.78, 5) is 26.2. The van der Waals surface area contributed by atoms with Gasteiger partial charge in [0.2, 0.25) is 5.91 Å². The first-order valence-corrected chi connectivity index (χ1v) is 28.2. The molecule has 0 radical (unpaired) electrons. The SMILES string of the molecule is CC/C=C/C=C/C=C/CCCCCCCCCC(=O)OC(CCCCCCCCCCCCCCC)CC(=O)NC(CO)C(O)CCCCCCCCCCCCCCCCCCC. The Morgan fingerprint density at radius 3 is 1.27 bits per heavy atom. The average molecular weight is 901 g/mol. The first kappa shape index (κ1) is 62.1. The Labute approximate surface area is 398 Å². The molecule has 0 fully saturated rings. The standard InChI is InChI=1S/C58H109NO5/c1-4-7-10-13-16-19-22-25-27-28-30-32-35-38-41-44-47-50-56(61)55(53-60)59-57(62)52-54(49-46-43-40-37-34-31-24-21-18-15-12-9-6-3)64-58(63)51-48-45-42-39-36-33-29-26-23-20-17-14-11-8-5-2/h8,11,14,17,20,23,54-56,60-61H,4-7,9-10,12-13,15-16,18-19,21-22,24-53H2,1-3H3,(H,59,62)/b11-8+,17-14+,23-20+. The van der Waals surface area contributed by atoms with Gasteiger partial charge in [-0.05, 0) is 44.9 Å². The van der Waals surface area contributed by atoms with E-state index in [0.29, 0.717) is 19.3 Å². The first-order chi connectivity index (χ1) is 31.5. The Balaban J connectivity index is 4.49. The Morgan fingerprint density at radius 1 is 0.469 bits per heavy atom. The van der Waals surface area contributed by atoms with Crippen molar-refractivity contribution in [1.82, 2.24) is 5.32 Å². The maximum absolute atomic E-state index is 13.2. The van der Waals surface area contributed by atoms with E-state index in [4.69, 9.17) is 4.74 Å². The molecule has 0 saturated heterocycles. The van der Waals surface area contributed by atoms with Crippen LogP contribution < -0.4 is 5.32 Å². The Bertz CT molecular complexity index is 1060. The molecule has 6 nitrogen and oxygen atoms in total. The quantitative estimate of drug-likeness (QED) is 0.0321. The summed E-state index contributed by atoms with van der Waals surface area (Å²) in [6.07, 6.45) is 62.1. The Kier molecular flexibility index (Phi) is 50.5. The van der Waals surface area contributed by atoms with Crippen LogP contribution in [0.1, 0.15) is 297 Å². The number of carbonyl (C=O) groups is 2. The van der Waals surface area contributed by atoms with Gasteiger partial charge in [0, 0.05) is 6.42 Å². The molecule has 0 aliphatic rings. The Morgan fingerprint density at radius 2 is 0.844 bits per heavy atom. The highest BCUT2D eigenvalue weighted by Crippen LogP contribution is 2.19. The zero-order valence-corrected chi connectivity index (χ0v) is 42.9. The largest absolute Gasteiger partial charge is 0.462 e. The van der Waals surface area contributed by atoms with Crippen molar-refractivity contribution >= 4 is 11.9 Å². The summed E-state index contributed by atoms with van der Waals surface area (Å²) in [6, 6.07) is -0.701. The minimum Gasteiger partial charge on any atom is -0.462 e. The smallest absolute Gasteiger partial charge is 0.306 e. The zero-order chi connectivity index (χ0) is 46.7. The molecule has 6 heteroatoms. The monoisotopic (exact) mass is 900 g/mol. The number of amides is 1. The maximum atomic E-state index is 13.2. The fraction of sp³-hybridized carbons (Fsp3) is 0.862. The van der Waals surface area contributed by atoms with Gasteiger partial charge in [-0.1, -0.05) is 276 Å². The predicted molar refractivity (Wildman–Crippen MR) is 278 cm³/mol. The summed E-state index contributed by atoms with van der Waals surface area (Å²) in [5, 5.41) is 23.9. The van der Waals surface area contributed by atoms with Gasteiger partial charge in [0.25, 0.3) is 0 Å². The number of carbonyl (C=O) groups excluding carboxylic acids is 2. The minimum atomic E-state index is -0.787. The third-order valence-electron chi connectivity index (χ3n) is 13.0. The van der Waals surface area contributed by atoms with Crippen molar-refractivity contribution in [2.24, 2.45) is 0 Å². The van der Waals surface area contributed by atoms with Gasteiger partial charge in [-0.15, -0.1) is 0 Å². The van der Waals surface area contributed by atoms with Gasteiger partial charge >= 0.3 is 5.97 Å². The number of allylic oxidation sites excluding steroid dienone is 6. The van der Waals surface area contributed by atoms with Gasteiger partial charge in [-0.25, -0.2) is 0 Å². The topological polar surface area (TPSA) is 95.9 Å². The molecule has 3 N–H and O–H groups in total. The number of aliphatic hydroxyl groups is 2. The van der Waals surface area contributed by atoms with Crippen molar-refractivity contribution in [3.05, 3.63) is 36.5 Å². The molecule has 0 aromatic carbocycles. The number of nitrogens with one attached hydrogen (secondary N) is 1. The summed E-state index contributed by atoms with van der Waals surface area (Å²) in [5.74, 6) is -0.472. The normalized spacial score (nSPS) is 13.4. The predicted octanol–water partition coefficient (Wildman–Crippen LogP) is 17.2. The number of rotatable bonds is 51. The van der Waals surface area contributed by atoms with Crippen LogP contribution in [0.2, 0.25) is 0 Å². The van der Waals surface area contributed by atoms with Gasteiger partial charge in [-0.3, -0.25) is 9.59 Å². The molecule has 376 valence electrons. The van der Waals surface area contributed by atoms with Crippen molar-refractivity contribution in [2.75, 3.05) is 6.61 Å². The second-order valence-electron chi connectivity index (χ2n) is 19.4. The van der Waals surface area contributed by atoms with Crippen molar-refractivity contribution in [3.63, 3.8) is 0 Å². The molecule has 0 aromatic rings. The molecule has 3 atom stereocenters. The highest BCUT2D eigenvalue weighted by molar-refractivity contribution is 5.77. The van der Waals surface area contributed by atoms with E-state index in [1.54, 1.807) is 0 Å². The van der Waals surface area contributed by atoms with Crippen molar-refractivity contribution in [2.45, 2.75) is 315 Å². The molecule has 0 aromatic heterocycles.